The predicted octanol–water partition coefficient (Wildman–Crippen LogP) is 3.85. The normalized spacial score (nSPS) is 21.7. The summed E-state index contributed by atoms with van der Waals surface area (Å²) in [5.74, 6) is 0. The Morgan fingerprint density at radius 1 is 1.41 bits per heavy atom. The molecule has 0 aliphatic carbocycles. The van der Waals surface area contributed by atoms with Gasteiger partial charge < -0.3 is 10.5 Å². The summed E-state index contributed by atoms with van der Waals surface area (Å²) in [7, 11) is 0. The van der Waals surface area contributed by atoms with E-state index in [9.17, 15) is 18.0 Å². The Hall–Kier alpha value is -1.76. The van der Waals surface area contributed by atoms with Crippen LogP contribution >= 0.6 is 0 Å². The molecule has 0 fully saturated rings. The van der Waals surface area contributed by atoms with Crippen LogP contribution in [0, 0.1) is 0 Å². The molecule has 2 rings (SSSR count). The van der Waals surface area contributed by atoms with Crippen LogP contribution in [0.5, 0.6) is 0 Å². The first-order chi connectivity index (χ1) is 10.1. The summed E-state index contributed by atoms with van der Waals surface area (Å²) in [4.78, 5) is 13.6. The van der Waals surface area contributed by atoms with E-state index in [1.807, 2.05) is 0 Å². The quantitative estimate of drug-likeness (QED) is 0.856. The van der Waals surface area contributed by atoms with Gasteiger partial charge in [-0.2, -0.15) is 13.2 Å². The van der Waals surface area contributed by atoms with Crippen LogP contribution in [-0.4, -0.2) is 18.2 Å². The van der Waals surface area contributed by atoms with Crippen LogP contribution in [0.1, 0.15) is 44.4 Å². The smallest absolute Gasteiger partial charge is 0.416 e. The van der Waals surface area contributed by atoms with Gasteiger partial charge in [-0.25, -0.2) is 4.79 Å². The van der Waals surface area contributed by atoms with Gasteiger partial charge in [-0.1, -0.05) is 0 Å². The standard InChI is InChI=1S/C15H19F3N2O2/c1-8(2)22-14(21)20-9(3)6-12(19)11-7-10(15(16,17)18)4-5-13(11)20/h4-5,7-9,12H,6,19H2,1-3H3. The maximum Gasteiger partial charge on any atom is 0.416 e. The average Bonchev–Trinajstić information content (AvgIpc) is 2.36. The second-order valence-electron chi connectivity index (χ2n) is 5.77. The lowest BCUT2D eigenvalue weighted by Crippen LogP contribution is -2.45. The maximum absolute atomic E-state index is 12.8. The van der Waals surface area contributed by atoms with Crippen LogP contribution in [0.2, 0.25) is 0 Å². The molecule has 0 saturated heterocycles. The summed E-state index contributed by atoms with van der Waals surface area (Å²) < 4.78 is 43.7. The third-order valence-corrected chi connectivity index (χ3v) is 3.58. The molecule has 7 heteroatoms. The molecular weight excluding hydrogens is 297 g/mol. The summed E-state index contributed by atoms with van der Waals surface area (Å²) in [5, 5.41) is 0. The van der Waals surface area contributed by atoms with Gasteiger partial charge in [0.25, 0.3) is 0 Å². The summed E-state index contributed by atoms with van der Waals surface area (Å²) >= 11 is 0. The molecule has 0 radical (unpaired) electrons. The fraction of sp³-hybridized carbons (Fsp3) is 0.533. The summed E-state index contributed by atoms with van der Waals surface area (Å²) in [6.45, 7) is 5.22. The topological polar surface area (TPSA) is 55.6 Å². The Balaban J connectivity index is 2.45. The molecule has 2 unspecified atom stereocenters. The molecule has 122 valence electrons. The summed E-state index contributed by atoms with van der Waals surface area (Å²) in [5.41, 5.74) is 5.89. The van der Waals surface area contributed by atoms with E-state index in [2.05, 4.69) is 0 Å². The largest absolute Gasteiger partial charge is 0.446 e. The molecular formula is C15H19F3N2O2. The number of halogens is 3. The Labute approximate surface area is 127 Å². The fourth-order valence-corrected chi connectivity index (χ4v) is 2.62. The Kier molecular flexibility index (Phi) is 4.37. The number of alkyl halides is 3. The number of nitrogens with zero attached hydrogens (tertiary/aromatic N) is 1. The minimum absolute atomic E-state index is 0.245. The lowest BCUT2D eigenvalue weighted by atomic mass is 9.91. The molecule has 1 aliphatic rings. The van der Waals surface area contributed by atoms with E-state index in [-0.39, 0.29) is 12.1 Å². The third-order valence-electron chi connectivity index (χ3n) is 3.58. The number of benzene rings is 1. The van der Waals surface area contributed by atoms with E-state index in [1.165, 1.54) is 11.0 Å². The first kappa shape index (κ1) is 16.6. The molecule has 0 spiro atoms. The molecule has 1 amide bonds. The zero-order valence-electron chi connectivity index (χ0n) is 12.6. The zero-order chi connectivity index (χ0) is 16.7. The van der Waals surface area contributed by atoms with Gasteiger partial charge in [0.2, 0.25) is 0 Å². The Morgan fingerprint density at radius 3 is 2.59 bits per heavy atom. The van der Waals surface area contributed by atoms with E-state index in [0.29, 0.717) is 17.7 Å². The van der Waals surface area contributed by atoms with Gasteiger partial charge in [0, 0.05) is 12.1 Å². The highest BCUT2D eigenvalue weighted by atomic mass is 19.4. The fourth-order valence-electron chi connectivity index (χ4n) is 2.62. The predicted molar refractivity (Wildman–Crippen MR) is 76.5 cm³/mol. The number of anilines is 1. The minimum Gasteiger partial charge on any atom is -0.446 e. The van der Waals surface area contributed by atoms with E-state index < -0.39 is 23.9 Å². The monoisotopic (exact) mass is 316 g/mol. The molecule has 0 bridgehead atoms. The Bertz CT molecular complexity index is 572. The van der Waals surface area contributed by atoms with Crippen LogP contribution in [0.25, 0.3) is 0 Å². The van der Waals surface area contributed by atoms with Crippen LogP contribution in [-0.2, 0) is 10.9 Å². The number of fused-ring (bicyclic) bond motifs is 1. The first-order valence-electron chi connectivity index (χ1n) is 7.07. The minimum atomic E-state index is -4.44. The second kappa shape index (κ2) is 5.79. The molecule has 0 saturated carbocycles. The van der Waals surface area contributed by atoms with Gasteiger partial charge in [0.1, 0.15) is 0 Å². The molecule has 1 heterocycles. The van der Waals surface area contributed by atoms with Crippen LogP contribution < -0.4 is 10.6 Å². The van der Waals surface area contributed by atoms with Gasteiger partial charge in [0.15, 0.2) is 0 Å². The number of ether oxygens (including phenoxy) is 1. The van der Waals surface area contributed by atoms with Gasteiger partial charge in [-0.3, -0.25) is 4.90 Å². The molecule has 2 N–H and O–H groups in total. The number of amides is 1. The van der Waals surface area contributed by atoms with E-state index in [0.717, 1.165) is 12.1 Å². The SMILES string of the molecule is CC(C)OC(=O)N1c2ccc(C(F)(F)F)cc2C(N)CC1C. The second-order valence-corrected chi connectivity index (χ2v) is 5.77. The summed E-state index contributed by atoms with van der Waals surface area (Å²) in [6.07, 6.45) is -4.95. The molecule has 2 atom stereocenters. The molecule has 22 heavy (non-hydrogen) atoms. The molecule has 1 aromatic rings. The van der Waals surface area contributed by atoms with Crippen LogP contribution in [0.15, 0.2) is 18.2 Å². The van der Waals surface area contributed by atoms with Crippen molar-refractivity contribution in [2.45, 2.75) is 51.6 Å². The average molecular weight is 316 g/mol. The Morgan fingerprint density at radius 2 is 2.05 bits per heavy atom. The van der Waals surface area contributed by atoms with Crippen molar-refractivity contribution < 1.29 is 22.7 Å². The van der Waals surface area contributed by atoms with Gasteiger partial charge >= 0.3 is 12.3 Å². The van der Waals surface area contributed by atoms with E-state index in [4.69, 9.17) is 10.5 Å². The molecule has 1 aliphatic heterocycles. The van der Waals surface area contributed by atoms with Crippen molar-refractivity contribution in [2.24, 2.45) is 5.73 Å². The number of hydrogen-bond donors (Lipinski definition) is 1. The van der Waals surface area contributed by atoms with Crippen molar-refractivity contribution in [1.82, 2.24) is 0 Å². The van der Waals surface area contributed by atoms with E-state index >= 15 is 0 Å². The summed E-state index contributed by atoms with van der Waals surface area (Å²) in [6, 6.07) is 2.47. The van der Waals surface area contributed by atoms with Crippen molar-refractivity contribution >= 4 is 11.8 Å². The van der Waals surface area contributed by atoms with E-state index in [1.54, 1.807) is 20.8 Å². The number of carbonyl (C=O) groups is 1. The highest BCUT2D eigenvalue weighted by Gasteiger charge is 2.37. The highest BCUT2D eigenvalue weighted by Crippen LogP contribution is 2.40. The molecule has 4 nitrogen and oxygen atoms in total. The molecule has 1 aromatic carbocycles. The number of carbonyl (C=O) groups excluding carboxylic acids is 1. The first-order valence-corrected chi connectivity index (χ1v) is 7.07. The van der Waals surface area contributed by atoms with Gasteiger partial charge in [-0.05, 0) is 51.0 Å². The van der Waals surface area contributed by atoms with Crippen molar-refractivity contribution in [3.63, 3.8) is 0 Å². The van der Waals surface area contributed by atoms with Crippen LogP contribution in [0.3, 0.4) is 0 Å². The number of rotatable bonds is 1. The van der Waals surface area contributed by atoms with Crippen molar-refractivity contribution in [1.29, 1.82) is 0 Å². The maximum atomic E-state index is 12.8. The zero-order valence-corrected chi connectivity index (χ0v) is 12.6. The van der Waals surface area contributed by atoms with Gasteiger partial charge in [0.05, 0.1) is 17.4 Å². The third kappa shape index (κ3) is 3.19. The molecule has 0 aromatic heterocycles. The van der Waals surface area contributed by atoms with Gasteiger partial charge in [-0.15, -0.1) is 0 Å². The highest BCUT2D eigenvalue weighted by molar-refractivity contribution is 5.90. The van der Waals surface area contributed by atoms with Crippen molar-refractivity contribution in [3.05, 3.63) is 29.3 Å². The van der Waals surface area contributed by atoms with Crippen molar-refractivity contribution in [3.8, 4) is 0 Å². The lowest BCUT2D eigenvalue weighted by molar-refractivity contribution is -0.137. The lowest BCUT2D eigenvalue weighted by Gasteiger charge is -2.38. The number of nitrogens with two attached hydrogens (primary N) is 1. The van der Waals surface area contributed by atoms with Crippen LogP contribution in [0.4, 0.5) is 23.7 Å². The number of hydrogen-bond acceptors (Lipinski definition) is 3. The van der Waals surface area contributed by atoms with Crippen molar-refractivity contribution in [2.75, 3.05) is 4.90 Å².